The molecule has 0 bridgehead atoms. The summed E-state index contributed by atoms with van der Waals surface area (Å²) in [6.07, 6.45) is 6.06. The van der Waals surface area contributed by atoms with Gasteiger partial charge in [-0.15, -0.1) is 0 Å². The second kappa shape index (κ2) is 7.04. The van der Waals surface area contributed by atoms with Crippen LogP contribution in [0.1, 0.15) is 43.0 Å². The molecule has 1 N–H and O–H groups in total. The number of aromatic nitrogens is 2. The van der Waals surface area contributed by atoms with Gasteiger partial charge < -0.3 is 5.32 Å². The molecule has 0 atom stereocenters. The van der Waals surface area contributed by atoms with Crippen LogP contribution in [0.5, 0.6) is 0 Å². The zero-order valence-corrected chi connectivity index (χ0v) is 14.1. The van der Waals surface area contributed by atoms with E-state index in [0.29, 0.717) is 18.5 Å². The maximum Gasteiger partial charge on any atom is 0.133 e. The fourth-order valence-corrected chi connectivity index (χ4v) is 3.34. The molecule has 0 spiro atoms. The van der Waals surface area contributed by atoms with Crippen LogP contribution in [0.15, 0.2) is 30.5 Å². The molecule has 1 aliphatic carbocycles. The van der Waals surface area contributed by atoms with Crippen LogP contribution in [0.4, 0.5) is 14.6 Å². The first-order valence-electron chi connectivity index (χ1n) is 8.94. The highest BCUT2D eigenvalue weighted by Gasteiger charge is 2.27. The van der Waals surface area contributed by atoms with Crippen LogP contribution in [0.25, 0.3) is 0 Å². The molecule has 2 aliphatic rings. The van der Waals surface area contributed by atoms with Crippen molar-refractivity contribution < 1.29 is 8.78 Å². The van der Waals surface area contributed by atoms with Crippen molar-refractivity contribution in [3.63, 3.8) is 0 Å². The van der Waals surface area contributed by atoms with E-state index in [1.54, 1.807) is 0 Å². The topological polar surface area (TPSA) is 41.0 Å². The zero-order valence-electron chi connectivity index (χ0n) is 14.1. The molecule has 1 aromatic heterocycles. The van der Waals surface area contributed by atoms with Crippen LogP contribution in [0, 0.1) is 11.6 Å². The Balaban J connectivity index is 1.32. The van der Waals surface area contributed by atoms with Gasteiger partial charge in [-0.2, -0.15) is 0 Å². The summed E-state index contributed by atoms with van der Waals surface area (Å²) in [4.78, 5) is 11.0. The van der Waals surface area contributed by atoms with E-state index in [0.717, 1.165) is 37.6 Å². The van der Waals surface area contributed by atoms with Gasteiger partial charge in [-0.3, -0.25) is 4.90 Å². The second-order valence-electron chi connectivity index (χ2n) is 6.97. The average molecular weight is 344 g/mol. The van der Waals surface area contributed by atoms with Crippen molar-refractivity contribution in [2.75, 3.05) is 18.4 Å². The molecule has 0 radical (unpaired) electrons. The van der Waals surface area contributed by atoms with Crippen molar-refractivity contribution in [1.29, 1.82) is 0 Å². The number of nitrogens with one attached hydrogen (secondary N) is 1. The molecule has 2 aromatic rings. The van der Waals surface area contributed by atoms with Crippen molar-refractivity contribution in [2.45, 2.75) is 44.2 Å². The second-order valence-corrected chi connectivity index (χ2v) is 6.97. The smallest absolute Gasteiger partial charge is 0.133 e. The summed E-state index contributed by atoms with van der Waals surface area (Å²) in [7, 11) is 0. The van der Waals surface area contributed by atoms with E-state index in [2.05, 4.69) is 20.2 Å². The number of nitrogens with zero attached hydrogens (tertiary/aromatic N) is 3. The monoisotopic (exact) mass is 344 g/mol. The maximum absolute atomic E-state index is 13.8. The van der Waals surface area contributed by atoms with Gasteiger partial charge in [0.15, 0.2) is 0 Å². The van der Waals surface area contributed by atoms with E-state index >= 15 is 0 Å². The number of benzene rings is 1. The van der Waals surface area contributed by atoms with E-state index in [1.165, 1.54) is 31.0 Å². The number of hydrogen-bond donors (Lipinski definition) is 1. The first-order chi connectivity index (χ1) is 12.2. The number of rotatable bonds is 5. The fourth-order valence-electron chi connectivity index (χ4n) is 3.34. The minimum Gasteiger partial charge on any atom is -0.367 e. The quantitative estimate of drug-likeness (QED) is 0.898. The first kappa shape index (κ1) is 16.4. The third-order valence-corrected chi connectivity index (χ3v) is 5.00. The Hall–Kier alpha value is -2.08. The summed E-state index contributed by atoms with van der Waals surface area (Å²) in [5.74, 6) is 1.44. The van der Waals surface area contributed by atoms with E-state index in [9.17, 15) is 8.78 Å². The lowest BCUT2D eigenvalue weighted by Crippen LogP contribution is -2.39. The fraction of sp³-hybridized carbons (Fsp3) is 0.474. The lowest BCUT2D eigenvalue weighted by atomic mass is 10.0. The Kier molecular flexibility index (Phi) is 4.61. The van der Waals surface area contributed by atoms with Crippen molar-refractivity contribution in [3.8, 4) is 0 Å². The molecule has 25 heavy (non-hydrogen) atoms. The van der Waals surface area contributed by atoms with Crippen LogP contribution in [-0.4, -0.2) is 34.0 Å². The van der Waals surface area contributed by atoms with Gasteiger partial charge in [0.25, 0.3) is 0 Å². The summed E-state index contributed by atoms with van der Waals surface area (Å²) in [6.45, 7) is 1.95. The van der Waals surface area contributed by atoms with Crippen LogP contribution in [0.2, 0.25) is 0 Å². The molecule has 1 aromatic carbocycles. The van der Waals surface area contributed by atoms with Crippen LogP contribution < -0.4 is 5.32 Å². The number of halogens is 2. The highest BCUT2D eigenvalue weighted by atomic mass is 19.1. The summed E-state index contributed by atoms with van der Waals surface area (Å²) >= 11 is 0. The van der Waals surface area contributed by atoms with Crippen LogP contribution in [-0.2, 0) is 6.54 Å². The molecule has 0 amide bonds. The molecular formula is C19H22F2N4. The first-order valence-corrected chi connectivity index (χ1v) is 8.94. The molecule has 1 saturated heterocycles. The average Bonchev–Trinajstić information content (AvgIpc) is 3.45. The van der Waals surface area contributed by atoms with Gasteiger partial charge in [0.2, 0.25) is 0 Å². The summed E-state index contributed by atoms with van der Waals surface area (Å²) in [6, 6.07) is 6.29. The Labute approximate surface area is 146 Å². The van der Waals surface area contributed by atoms with Gasteiger partial charge in [0, 0.05) is 43.4 Å². The summed E-state index contributed by atoms with van der Waals surface area (Å²) in [5.41, 5.74) is 0.166. The van der Waals surface area contributed by atoms with E-state index in [-0.39, 0.29) is 5.56 Å². The van der Waals surface area contributed by atoms with Crippen LogP contribution in [0.3, 0.4) is 0 Å². The van der Waals surface area contributed by atoms with E-state index in [4.69, 9.17) is 0 Å². The van der Waals surface area contributed by atoms with Gasteiger partial charge in [-0.1, -0.05) is 6.07 Å². The lowest BCUT2D eigenvalue weighted by molar-refractivity contribution is 0.206. The molecular weight excluding hydrogens is 322 g/mol. The van der Waals surface area contributed by atoms with Gasteiger partial charge in [-0.25, -0.2) is 18.7 Å². The summed E-state index contributed by atoms with van der Waals surface area (Å²) in [5, 5.41) is 3.49. The zero-order chi connectivity index (χ0) is 17.2. The molecule has 1 aliphatic heterocycles. The third kappa shape index (κ3) is 3.95. The third-order valence-electron chi connectivity index (χ3n) is 5.00. The van der Waals surface area contributed by atoms with Crippen molar-refractivity contribution in [2.24, 2.45) is 0 Å². The number of piperidine rings is 1. The number of hydrogen-bond acceptors (Lipinski definition) is 4. The van der Waals surface area contributed by atoms with Crippen molar-refractivity contribution >= 4 is 5.82 Å². The molecule has 6 heteroatoms. The Morgan fingerprint density at radius 1 is 1.04 bits per heavy atom. The molecule has 0 unspecified atom stereocenters. The van der Waals surface area contributed by atoms with Crippen LogP contribution >= 0.6 is 0 Å². The molecule has 132 valence electrons. The maximum atomic E-state index is 13.8. The SMILES string of the molecule is Fc1cccc(F)c1CN1CCC(Nc2ccnc(C3CC3)n2)CC1. The predicted octanol–water partition coefficient (Wildman–Crippen LogP) is 3.71. The minimum atomic E-state index is -0.464. The van der Waals surface area contributed by atoms with Gasteiger partial charge in [0.1, 0.15) is 23.3 Å². The van der Waals surface area contributed by atoms with Crippen molar-refractivity contribution in [1.82, 2.24) is 14.9 Å². The molecule has 2 heterocycles. The van der Waals surface area contributed by atoms with Gasteiger partial charge in [0.05, 0.1) is 0 Å². The Morgan fingerprint density at radius 2 is 1.76 bits per heavy atom. The highest BCUT2D eigenvalue weighted by Crippen LogP contribution is 2.38. The molecule has 2 fully saturated rings. The Bertz CT molecular complexity index is 720. The Morgan fingerprint density at radius 3 is 2.44 bits per heavy atom. The van der Waals surface area contributed by atoms with Gasteiger partial charge >= 0.3 is 0 Å². The predicted molar refractivity (Wildman–Crippen MR) is 92.3 cm³/mol. The van der Waals surface area contributed by atoms with Gasteiger partial charge in [-0.05, 0) is 43.9 Å². The molecule has 1 saturated carbocycles. The molecule has 4 nitrogen and oxygen atoms in total. The largest absolute Gasteiger partial charge is 0.367 e. The van der Waals surface area contributed by atoms with E-state index < -0.39 is 11.6 Å². The van der Waals surface area contributed by atoms with Crippen molar-refractivity contribution in [3.05, 3.63) is 53.5 Å². The summed E-state index contributed by atoms with van der Waals surface area (Å²) < 4.78 is 27.6. The molecule has 4 rings (SSSR count). The normalized spacial score (nSPS) is 19.1. The number of anilines is 1. The minimum absolute atomic E-state index is 0.166. The lowest BCUT2D eigenvalue weighted by Gasteiger charge is -2.32. The standard InChI is InChI=1S/C19H22F2N4/c20-16-2-1-3-17(21)15(16)12-25-10-7-14(8-11-25)23-18-6-9-22-19(24-18)13-4-5-13/h1-3,6,9,13-14H,4-5,7-8,10-12H2,(H,22,23,24). The number of likely N-dealkylation sites (tertiary alicyclic amines) is 1. The van der Waals surface area contributed by atoms with E-state index in [1.807, 2.05) is 12.3 Å². The highest BCUT2D eigenvalue weighted by molar-refractivity contribution is 5.35.